The lowest BCUT2D eigenvalue weighted by Crippen LogP contribution is -2.35. The molecule has 1 aliphatic carbocycles. The van der Waals surface area contributed by atoms with E-state index in [1.807, 2.05) is 13.8 Å². The van der Waals surface area contributed by atoms with Crippen LogP contribution in [0.3, 0.4) is 0 Å². The molecule has 4 atom stereocenters. The highest BCUT2D eigenvalue weighted by Gasteiger charge is 2.36. The Labute approximate surface area is 248 Å². The van der Waals surface area contributed by atoms with Gasteiger partial charge in [-0.1, -0.05) is 96.4 Å². The molecule has 1 aliphatic rings. The molecule has 3 unspecified atom stereocenters. The quantitative estimate of drug-likeness (QED) is 0.120. The molecule has 1 aromatic carbocycles. The highest BCUT2D eigenvalue weighted by molar-refractivity contribution is 7.87. The average molecular weight is 594 g/mol. The van der Waals surface area contributed by atoms with Gasteiger partial charge in [0.25, 0.3) is 10.1 Å². The summed E-state index contributed by atoms with van der Waals surface area (Å²) in [7, 11) is -4.76. The van der Waals surface area contributed by atoms with Crippen LogP contribution in [0.15, 0.2) is 24.3 Å². The third-order valence-electron chi connectivity index (χ3n) is 7.59. The molecule has 41 heavy (non-hydrogen) atoms. The molecule has 9 heteroatoms. The fourth-order valence-electron chi connectivity index (χ4n) is 4.77. The number of nitrogens with one attached hydrogen (secondary N) is 1. The molecule has 0 aliphatic heterocycles. The molecule has 0 spiro atoms. The molecule has 0 saturated heterocycles. The van der Waals surface area contributed by atoms with Gasteiger partial charge in [-0.2, -0.15) is 8.42 Å². The predicted molar refractivity (Wildman–Crippen MR) is 163 cm³/mol. The van der Waals surface area contributed by atoms with Crippen molar-refractivity contribution in [3.63, 3.8) is 0 Å². The highest BCUT2D eigenvalue weighted by atomic mass is 32.2. The second-order valence-electron chi connectivity index (χ2n) is 10.7. The number of rotatable bonds is 18. The van der Waals surface area contributed by atoms with Gasteiger partial charge in [0.2, 0.25) is 0 Å². The maximum Gasteiger partial charge on any atom is 0.327 e. The minimum absolute atomic E-state index is 0.0747. The summed E-state index contributed by atoms with van der Waals surface area (Å²) in [6, 6.07) is 9.06. The maximum atomic E-state index is 12.2. The third-order valence-corrected chi connectivity index (χ3v) is 8.66. The lowest BCUT2D eigenvalue weighted by atomic mass is 10.0. The van der Waals surface area contributed by atoms with Crippen molar-refractivity contribution in [2.45, 2.75) is 110 Å². The molecule has 8 nitrogen and oxygen atoms in total. The third kappa shape index (κ3) is 14.4. The van der Waals surface area contributed by atoms with Crippen LogP contribution < -0.4 is 5.32 Å². The van der Waals surface area contributed by atoms with Gasteiger partial charge < -0.3 is 9.47 Å². The number of terminal acetylenes is 1. The van der Waals surface area contributed by atoms with Crippen LogP contribution in [0.25, 0.3) is 0 Å². The van der Waals surface area contributed by atoms with Crippen molar-refractivity contribution in [1.29, 1.82) is 0 Å². The van der Waals surface area contributed by atoms with E-state index >= 15 is 0 Å². The van der Waals surface area contributed by atoms with Crippen molar-refractivity contribution in [3.05, 3.63) is 35.4 Å². The molecule has 2 N–H and O–H groups in total. The van der Waals surface area contributed by atoms with Crippen molar-refractivity contribution in [2.24, 2.45) is 11.8 Å². The number of aryl methyl sites for hydroxylation is 1. The monoisotopic (exact) mass is 593 g/mol. The van der Waals surface area contributed by atoms with Gasteiger partial charge in [-0.15, -0.1) is 6.42 Å². The zero-order valence-electron chi connectivity index (χ0n) is 25.4. The molecule has 0 heterocycles. The topological polar surface area (TPSA) is 119 Å². The number of fused-ring (bicyclic) bond motifs is 1. The molecular formula is C32H51NO7S. The van der Waals surface area contributed by atoms with Crippen molar-refractivity contribution in [1.82, 2.24) is 5.32 Å². The Morgan fingerprint density at radius 2 is 1.61 bits per heavy atom. The predicted octanol–water partition coefficient (Wildman–Crippen LogP) is 6.05. The first-order chi connectivity index (χ1) is 19.6. The van der Waals surface area contributed by atoms with Crippen LogP contribution in [0.5, 0.6) is 0 Å². The van der Waals surface area contributed by atoms with E-state index < -0.39 is 33.7 Å². The van der Waals surface area contributed by atoms with Crippen molar-refractivity contribution in [2.75, 3.05) is 19.8 Å². The van der Waals surface area contributed by atoms with Crippen LogP contribution >= 0.6 is 0 Å². The van der Waals surface area contributed by atoms with E-state index in [2.05, 4.69) is 49.4 Å². The molecule has 1 aromatic rings. The summed E-state index contributed by atoms with van der Waals surface area (Å²) >= 11 is 0. The zero-order chi connectivity index (χ0) is 30.7. The molecule has 2 rings (SSSR count). The normalized spacial score (nSPS) is 16.3. The fraction of sp³-hybridized carbons (Fsp3) is 0.688. The summed E-state index contributed by atoms with van der Waals surface area (Å²) < 4.78 is 42.8. The van der Waals surface area contributed by atoms with Crippen molar-refractivity contribution < 1.29 is 32.0 Å². The second kappa shape index (κ2) is 20.5. The van der Waals surface area contributed by atoms with Gasteiger partial charge in [0, 0.05) is 6.04 Å². The lowest BCUT2D eigenvalue weighted by molar-refractivity contribution is -0.151. The Bertz CT molecular complexity index is 1050. The largest absolute Gasteiger partial charge is 0.465 e. The van der Waals surface area contributed by atoms with Crippen molar-refractivity contribution in [3.8, 4) is 12.3 Å². The first kappa shape index (κ1) is 36.6. The van der Waals surface area contributed by atoms with E-state index in [0.717, 1.165) is 51.4 Å². The van der Waals surface area contributed by atoms with E-state index in [-0.39, 0.29) is 25.0 Å². The number of carbonyl (C=O) groups is 2. The Balaban J connectivity index is 0.000000528. The first-order valence-electron chi connectivity index (χ1n) is 15.1. The molecule has 0 bridgehead atoms. The van der Waals surface area contributed by atoms with E-state index in [9.17, 15) is 22.6 Å². The standard InChI is InChI=1S/C20H38O7S.C12H13N/c1-5-9-11-16(7-3)14-26-19(21)13-18(28(23,24)25)20(22)27-15-17(8-4)12-10-6-2;1-2-9-13-12-8-7-10-5-3-4-6-11(10)12/h16-18H,5-15H2,1-4H3,(H,23,24,25);1,3-6,12-13H,7-9H2/t;12-/m.1/s1. The average Bonchev–Trinajstić information content (AvgIpc) is 3.37. The van der Waals surface area contributed by atoms with Crippen molar-refractivity contribution >= 4 is 22.1 Å². The number of benzene rings is 1. The van der Waals surface area contributed by atoms with E-state index in [1.165, 1.54) is 24.0 Å². The van der Waals surface area contributed by atoms with Gasteiger partial charge in [-0.05, 0) is 48.6 Å². The molecule has 0 amide bonds. The molecule has 0 aromatic heterocycles. The number of hydrogen-bond acceptors (Lipinski definition) is 7. The minimum Gasteiger partial charge on any atom is -0.465 e. The minimum atomic E-state index is -4.76. The Morgan fingerprint density at radius 3 is 2.15 bits per heavy atom. The Hall–Kier alpha value is -2.41. The number of hydrogen-bond donors (Lipinski definition) is 2. The van der Waals surface area contributed by atoms with Crippen LogP contribution in [-0.4, -0.2) is 49.9 Å². The molecule has 0 radical (unpaired) electrons. The number of esters is 2. The van der Waals surface area contributed by atoms with Crippen LogP contribution in [0.4, 0.5) is 0 Å². The van der Waals surface area contributed by atoms with Gasteiger partial charge >= 0.3 is 11.9 Å². The summed E-state index contributed by atoms with van der Waals surface area (Å²) in [5.74, 6) is 1.01. The highest BCUT2D eigenvalue weighted by Crippen LogP contribution is 2.30. The summed E-state index contributed by atoms with van der Waals surface area (Å²) in [5.41, 5.74) is 2.90. The summed E-state index contributed by atoms with van der Waals surface area (Å²) in [6.07, 6.45) is 14.3. The zero-order valence-corrected chi connectivity index (χ0v) is 26.2. The summed E-state index contributed by atoms with van der Waals surface area (Å²) in [5, 5.41) is 1.41. The SMILES string of the molecule is C#CCN[C@@H]1CCc2ccccc21.CCCCC(CC)COC(=O)CC(C(=O)OCC(CC)CCCC)S(=O)(=O)O. The number of ether oxygens (including phenoxy) is 2. The van der Waals surface area contributed by atoms with Crippen LogP contribution in [0, 0.1) is 24.2 Å². The summed E-state index contributed by atoms with van der Waals surface area (Å²) in [6.45, 7) is 9.02. The molecule has 232 valence electrons. The van der Waals surface area contributed by atoms with Gasteiger partial charge in [0.1, 0.15) is 0 Å². The van der Waals surface area contributed by atoms with Gasteiger partial charge in [-0.3, -0.25) is 19.5 Å². The Morgan fingerprint density at radius 1 is 1.02 bits per heavy atom. The molecule has 0 saturated carbocycles. The maximum absolute atomic E-state index is 12.2. The van der Waals surface area contributed by atoms with Crippen LogP contribution in [0.1, 0.15) is 109 Å². The smallest absolute Gasteiger partial charge is 0.327 e. The van der Waals surface area contributed by atoms with Gasteiger partial charge in [0.15, 0.2) is 5.25 Å². The number of unbranched alkanes of at least 4 members (excludes halogenated alkanes) is 2. The molecule has 0 fully saturated rings. The van der Waals surface area contributed by atoms with E-state index in [0.29, 0.717) is 12.6 Å². The Kier molecular flexibility index (Phi) is 18.3. The molecular weight excluding hydrogens is 542 g/mol. The van der Waals surface area contributed by atoms with Gasteiger partial charge in [-0.25, -0.2) is 0 Å². The van der Waals surface area contributed by atoms with Crippen LogP contribution in [0.2, 0.25) is 0 Å². The van der Waals surface area contributed by atoms with Gasteiger partial charge in [0.05, 0.1) is 26.2 Å². The number of carbonyl (C=O) groups excluding carboxylic acids is 2. The van der Waals surface area contributed by atoms with E-state index in [4.69, 9.17) is 15.9 Å². The van der Waals surface area contributed by atoms with Crippen LogP contribution in [-0.2, 0) is 35.6 Å². The first-order valence-corrected chi connectivity index (χ1v) is 16.6. The fourth-order valence-corrected chi connectivity index (χ4v) is 5.43. The summed E-state index contributed by atoms with van der Waals surface area (Å²) in [4.78, 5) is 24.2. The lowest BCUT2D eigenvalue weighted by Gasteiger charge is -2.18. The van der Waals surface area contributed by atoms with E-state index in [1.54, 1.807) is 0 Å². The second-order valence-corrected chi connectivity index (χ2v) is 12.3.